The monoisotopic (exact) mass is 342 g/mol. The molecular formula is C19H22N2O4. The summed E-state index contributed by atoms with van der Waals surface area (Å²) in [6.07, 6.45) is 1.49. The van der Waals surface area contributed by atoms with E-state index in [2.05, 4.69) is 4.90 Å². The van der Waals surface area contributed by atoms with E-state index in [1.807, 2.05) is 31.2 Å². The zero-order chi connectivity index (χ0) is 17.8. The van der Waals surface area contributed by atoms with Crippen LogP contribution in [0.25, 0.3) is 0 Å². The summed E-state index contributed by atoms with van der Waals surface area (Å²) in [5.41, 5.74) is 1.99. The number of carbonyl (C=O) groups is 2. The zero-order valence-electron chi connectivity index (χ0n) is 14.5. The summed E-state index contributed by atoms with van der Waals surface area (Å²) in [5, 5.41) is 0. The molecule has 132 valence electrons. The average molecular weight is 342 g/mol. The minimum Gasteiger partial charge on any atom is -0.468 e. The second-order valence-corrected chi connectivity index (χ2v) is 6.09. The van der Waals surface area contributed by atoms with Crippen LogP contribution in [-0.4, -0.2) is 55.0 Å². The lowest BCUT2D eigenvalue weighted by molar-refractivity contribution is -0.148. The fraction of sp³-hybridized carbons (Fsp3) is 0.368. The molecule has 2 heterocycles. The van der Waals surface area contributed by atoms with Crippen molar-refractivity contribution >= 4 is 11.9 Å². The Labute approximate surface area is 147 Å². The predicted molar refractivity (Wildman–Crippen MR) is 92.1 cm³/mol. The molecule has 0 bridgehead atoms. The van der Waals surface area contributed by atoms with Gasteiger partial charge in [0.2, 0.25) is 0 Å². The van der Waals surface area contributed by atoms with Gasteiger partial charge in [-0.3, -0.25) is 9.69 Å². The van der Waals surface area contributed by atoms with Crippen LogP contribution in [0.5, 0.6) is 0 Å². The molecule has 0 saturated carbocycles. The number of rotatable bonds is 4. The SMILES string of the molecule is COC(=O)[C@H](c1ccccc1C)N1CCN(C(=O)c2ccco2)CC1. The van der Waals surface area contributed by atoms with E-state index in [0.29, 0.717) is 31.9 Å². The van der Waals surface area contributed by atoms with Gasteiger partial charge in [0.25, 0.3) is 5.91 Å². The summed E-state index contributed by atoms with van der Waals surface area (Å²) in [6.45, 7) is 4.26. The Bertz CT molecular complexity index is 734. The molecule has 1 aliphatic heterocycles. The first-order chi connectivity index (χ1) is 12.1. The van der Waals surface area contributed by atoms with Crippen LogP contribution in [0.15, 0.2) is 47.1 Å². The molecule has 1 saturated heterocycles. The van der Waals surface area contributed by atoms with Crippen molar-refractivity contribution in [3.05, 3.63) is 59.5 Å². The molecule has 1 aromatic carbocycles. The van der Waals surface area contributed by atoms with Crippen LogP contribution < -0.4 is 0 Å². The summed E-state index contributed by atoms with van der Waals surface area (Å²) < 4.78 is 10.2. The van der Waals surface area contributed by atoms with Crippen molar-refractivity contribution in [3.8, 4) is 0 Å². The number of nitrogens with zero attached hydrogens (tertiary/aromatic N) is 2. The number of amides is 1. The van der Waals surface area contributed by atoms with Gasteiger partial charge < -0.3 is 14.1 Å². The van der Waals surface area contributed by atoms with E-state index in [1.54, 1.807) is 17.0 Å². The Kier molecular flexibility index (Phi) is 5.19. The number of carbonyl (C=O) groups excluding carboxylic acids is 2. The standard InChI is InChI=1S/C19H22N2O4/c1-14-6-3-4-7-15(14)17(19(23)24-2)20-9-11-21(12-10-20)18(22)16-8-5-13-25-16/h3-8,13,17H,9-12H2,1-2H3/t17-/m0/s1. The largest absolute Gasteiger partial charge is 0.468 e. The van der Waals surface area contributed by atoms with Gasteiger partial charge in [0.05, 0.1) is 13.4 Å². The fourth-order valence-electron chi connectivity index (χ4n) is 3.22. The molecule has 6 heteroatoms. The number of esters is 1. The number of hydrogen-bond acceptors (Lipinski definition) is 5. The summed E-state index contributed by atoms with van der Waals surface area (Å²) in [7, 11) is 1.41. The van der Waals surface area contributed by atoms with Crippen LogP contribution >= 0.6 is 0 Å². The van der Waals surface area contributed by atoms with E-state index in [0.717, 1.165) is 11.1 Å². The van der Waals surface area contributed by atoms with Crippen LogP contribution in [0.4, 0.5) is 0 Å². The average Bonchev–Trinajstić information content (AvgIpc) is 3.18. The van der Waals surface area contributed by atoms with Gasteiger partial charge >= 0.3 is 5.97 Å². The molecule has 0 radical (unpaired) electrons. The van der Waals surface area contributed by atoms with Gasteiger partial charge in [-0.2, -0.15) is 0 Å². The van der Waals surface area contributed by atoms with Crippen LogP contribution in [-0.2, 0) is 9.53 Å². The van der Waals surface area contributed by atoms with Crippen LogP contribution in [0.2, 0.25) is 0 Å². The highest BCUT2D eigenvalue weighted by Gasteiger charge is 2.33. The van der Waals surface area contributed by atoms with Gasteiger partial charge in [-0.1, -0.05) is 24.3 Å². The third-order valence-corrected chi connectivity index (χ3v) is 4.61. The van der Waals surface area contributed by atoms with E-state index < -0.39 is 6.04 Å². The van der Waals surface area contributed by atoms with Crippen molar-refractivity contribution in [2.45, 2.75) is 13.0 Å². The Hall–Kier alpha value is -2.60. The smallest absolute Gasteiger partial charge is 0.327 e. The number of methoxy groups -OCH3 is 1. The van der Waals surface area contributed by atoms with E-state index in [4.69, 9.17) is 9.15 Å². The Balaban J connectivity index is 1.73. The molecule has 0 N–H and O–H groups in total. The molecule has 0 unspecified atom stereocenters. The predicted octanol–water partition coefficient (Wildman–Crippen LogP) is 2.26. The number of furan rings is 1. The van der Waals surface area contributed by atoms with Crippen LogP contribution in [0.1, 0.15) is 27.7 Å². The lowest BCUT2D eigenvalue weighted by Gasteiger charge is -2.38. The maximum absolute atomic E-state index is 12.4. The van der Waals surface area contributed by atoms with Gasteiger partial charge in [-0.25, -0.2) is 4.79 Å². The van der Waals surface area contributed by atoms with E-state index in [9.17, 15) is 9.59 Å². The van der Waals surface area contributed by atoms with Crippen molar-refractivity contribution in [1.29, 1.82) is 0 Å². The summed E-state index contributed by atoms with van der Waals surface area (Å²) in [4.78, 5) is 28.6. The number of hydrogen-bond donors (Lipinski definition) is 0. The second kappa shape index (κ2) is 7.53. The normalized spacial score (nSPS) is 16.5. The van der Waals surface area contributed by atoms with Gasteiger partial charge in [0, 0.05) is 26.2 Å². The molecule has 1 aromatic heterocycles. The Morgan fingerprint density at radius 2 is 1.80 bits per heavy atom. The third kappa shape index (κ3) is 3.58. The van der Waals surface area contributed by atoms with Crippen molar-refractivity contribution in [2.75, 3.05) is 33.3 Å². The molecule has 25 heavy (non-hydrogen) atoms. The first kappa shape index (κ1) is 17.2. The molecule has 6 nitrogen and oxygen atoms in total. The number of benzene rings is 1. The maximum Gasteiger partial charge on any atom is 0.327 e. The maximum atomic E-state index is 12.4. The molecule has 1 amide bonds. The molecular weight excluding hydrogens is 320 g/mol. The number of ether oxygens (including phenoxy) is 1. The summed E-state index contributed by atoms with van der Waals surface area (Å²) >= 11 is 0. The molecule has 1 aliphatic rings. The molecule has 1 atom stereocenters. The number of piperazine rings is 1. The van der Waals surface area contributed by atoms with Crippen LogP contribution in [0.3, 0.4) is 0 Å². The molecule has 3 rings (SSSR count). The highest BCUT2D eigenvalue weighted by Crippen LogP contribution is 2.26. The van der Waals surface area contributed by atoms with E-state index in [1.165, 1.54) is 13.4 Å². The molecule has 0 aliphatic carbocycles. The topological polar surface area (TPSA) is 63.0 Å². The summed E-state index contributed by atoms with van der Waals surface area (Å²) in [6, 6.07) is 10.7. The Morgan fingerprint density at radius 1 is 1.08 bits per heavy atom. The van der Waals surface area contributed by atoms with Gasteiger partial charge in [-0.15, -0.1) is 0 Å². The lowest BCUT2D eigenvalue weighted by atomic mass is 9.99. The fourth-order valence-corrected chi connectivity index (χ4v) is 3.22. The zero-order valence-corrected chi connectivity index (χ0v) is 14.5. The second-order valence-electron chi connectivity index (χ2n) is 6.09. The highest BCUT2D eigenvalue weighted by molar-refractivity contribution is 5.91. The van der Waals surface area contributed by atoms with Gasteiger partial charge in [-0.05, 0) is 30.2 Å². The molecule has 2 aromatic rings. The van der Waals surface area contributed by atoms with Crippen molar-refractivity contribution < 1.29 is 18.7 Å². The minimum atomic E-state index is -0.452. The third-order valence-electron chi connectivity index (χ3n) is 4.61. The van der Waals surface area contributed by atoms with Crippen molar-refractivity contribution in [2.24, 2.45) is 0 Å². The molecule has 1 fully saturated rings. The summed E-state index contributed by atoms with van der Waals surface area (Å²) in [5.74, 6) is -0.0489. The first-order valence-electron chi connectivity index (χ1n) is 8.32. The van der Waals surface area contributed by atoms with Crippen LogP contribution in [0, 0.1) is 6.92 Å². The van der Waals surface area contributed by atoms with Gasteiger partial charge in [0.15, 0.2) is 5.76 Å². The molecule has 0 spiro atoms. The van der Waals surface area contributed by atoms with Gasteiger partial charge in [0.1, 0.15) is 6.04 Å². The highest BCUT2D eigenvalue weighted by atomic mass is 16.5. The number of aryl methyl sites for hydroxylation is 1. The van der Waals surface area contributed by atoms with Crippen molar-refractivity contribution in [3.63, 3.8) is 0 Å². The first-order valence-corrected chi connectivity index (χ1v) is 8.32. The quantitative estimate of drug-likeness (QED) is 0.798. The van der Waals surface area contributed by atoms with Crippen molar-refractivity contribution in [1.82, 2.24) is 9.80 Å². The van der Waals surface area contributed by atoms with E-state index >= 15 is 0 Å². The van der Waals surface area contributed by atoms with E-state index in [-0.39, 0.29) is 11.9 Å². The Morgan fingerprint density at radius 3 is 2.40 bits per heavy atom. The minimum absolute atomic E-state index is 0.116. The lowest BCUT2D eigenvalue weighted by Crippen LogP contribution is -2.51.